The van der Waals surface area contributed by atoms with E-state index in [0.29, 0.717) is 35.6 Å². The quantitative estimate of drug-likeness (QED) is 0.325. The molecule has 0 unspecified atom stereocenters. The van der Waals surface area contributed by atoms with Gasteiger partial charge >= 0.3 is 6.61 Å². The molecule has 0 saturated heterocycles. The fourth-order valence-corrected chi connectivity index (χ4v) is 4.58. The van der Waals surface area contributed by atoms with Crippen molar-refractivity contribution >= 4 is 16.8 Å². The number of alkyl halides is 2. The van der Waals surface area contributed by atoms with Gasteiger partial charge in [-0.25, -0.2) is 14.4 Å². The maximum atomic E-state index is 14.9. The molecule has 1 amide bonds. The van der Waals surface area contributed by atoms with E-state index in [0.717, 1.165) is 11.6 Å². The van der Waals surface area contributed by atoms with E-state index in [1.165, 1.54) is 18.2 Å². The number of benzene rings is 1. The molecule has 12 heteroatoms. The van der Waals surface area contributed by atoms with Gasteiger partial charge in [0.15, 0.2) is 5.82 Å². The van der Waals surface area contributed by atoms with Crippen LogP contribution in [-0.2, 0) is 0 Å². The van der Waals surface area contributed by atoms with Crippen molar-refractivity contribution in [1.82, 2.24) is 35.0 Å². The standard InChI is InChI=1S/C27H20F3N7O2/c28-19-3-1-2-4-23(19)37-24(35-36-25(37)21-8-6-18(14-32-21)39-27(29)30)16-11-17(12-16)33-26(38)22-7-5-15-13-31-10-9-20(15)34-22/h1-10,13-14,16-17,27H,11-12H2,(H,33,38). The fraction of sp³-hybridized carbons (Fsp3) is 0.185. The molecule has 0 spiro atoms. The highest BCUT2D eigenvalue weighted by molar-refractivity contribution is 5.95. The van der Waals surface area contributed by atoms with E-state index in [1.54, 1.807) is 53.4 Å². The molecule has 1 aliphatic rings. The summed E-state index contributed by atoms with van der Waals surface area (Å²) in [6, 6.07) is 14.0. The minimum atomic E-state index is -2.98. The van der Waals surface area contributed by atoms with Crippen LogP contribution in [0.3, 0.4) is 0 Å². The first-order chi connectivity index (χ1) is 19.0. The summed E-state index contributed by atoms with van der Waals surface area (Å²) in [5.41, 5.74) is 1.52. The van der Waals surface area contributed by atoms with Crippen molar-refractivity contribution in [2.24, 2.45) is 0 Å². The van der Waals surface area contributed by atoms with E-state index < -0.39 is 12.4 Å². The number of rotatable bonds is 7. The predicted molar refractivity (Wildman–Crippen MR) is 134 cm³/mol. The molecule has 1 aromatic carbocycles. The van der Waals surface area contributed by atoms with Gasteiger partial charge in [0.05, 0.1) is 17.4 Å². The predicted octanol–water partition coefficient (Wildman–Crippen LogP) is 4.69. The summed E-state index contributed by atoms with van der Waals surface area (Å²) < 4.78 is 45.9. The molecule has 0 bridgehead atoms. The van der Waals surface area contributed by atoms with E-state index in [4.69, 9.17) is 0 Å². The van der Waals surface area contributed by atoms with Crippen molar-refractivity contribution in [3.63, 3.8) is 0 Å². The molecule has 1 N–H and O–H groups in total. The number of pyridine rings is 3. The molecule has 6 rings (SSSR count). The van der Waals surface area contributed by atoms with Crippen molar-refractivity contribution in [3.05, 3.63) is 90.5 Å². The van der Waals surface area contributed by atoms with Crippen molar-refractivity contribution in [2.75, 3.05) is 0 Å². The van der Waals surface area contributed by atoms with Gasteiger partial charge in [-0.15, -0.1) is 10.2 Å². The molecular weight excluding hydrogens is 511 g/mol. The van der Waals surface area contributed by atoms with Crippen molar-refractivity contribution in [3.8, 4) is 23.0 Å². The zero-order valence-electron chi connectivity index (χ0n) is 20.2. The van der Waals surface area contributed by atoms with Gasteiger partial charge in [-0.1, -0.05) is 12.1 Å². The second-order valence-corrected chi connectivity index (χ2v) is 9.03. The van der Waals surface area contributed by atoms with Crippen LogP contribution in [0.4, 0.5) is 13.2 Å². The highest BCUT2D eigenvalue weighted by atomic mass is 19.3. The first-order valence-electron chi connectivity index (χ1n) is 12.1. The Labute approximate surface area is 219 Å². The number of ether oxygens (including phenoxy) is 1. The summed E-state index contributed by atoms with van der Waals surface area (Å²) in [5, 5.41) is 12.4. The van der Waals surface area contributed by atoms with Crippen LogP contribution in [0.25, 0.3) is 28.1 Å². The van der Waals surface area contributed by atoms with Crippen LogP contribution in [0.5, 0.6) is 5.75 Å². The number of carbonyl (C=O) groups excluding carboxylic acids is 1. The Morgan fingerprint density at radius 2 is 1.87 bits per heavy atom. The van der Waals surface area contributed by atoms with Gasteiger partial charge in [-0.2, -0.15) is 8.78 Å². The Morgan fingerprint density at radius 3 is 2.64 bits per heavy atom. The maximum Gasteiger partial charge on any atom is 0.387 e. The number of aromatic nitrogens is 6. The molecule has 1 saturated carbocycles. The van der Waals surface area contributed by atoms with Crippen molar-refractivity contribution < 1.29 is 22.7 Å². The van der Waals surface area contributed by atoms with Gasteiger partial charge in [0.1, 0.15) is 28.8 Å². The average molecular weight is 531 g/mol. The summed E-state index contributed by atoms with van der Waals surface area (Å²) in [6.07, 6.45) is 5.57. The molecule has 4 heterocycles. The normalized spacial score (nSPS) is 16.7. The van der Waals surface area contributed by atoms with Gasteiger partial charge < -0.3 is 10.1 Å². The van der Waals surface area contributed by atoms with E-state index in [1.807, 2.05) is 0 Å². The van der Waals surface area contributed by atoms with Crippen molar-refractivity contribution in [2.45, 2.75) is 31.4 Å². The second kappa shape index (κ2) is 10.1. The van der Waals surface area contributed by atoms with Crippen LogP contribution in [0.1, 0.15) is 35.1 Å². The molecule has 0 aliphatic heterocycles. The highest BCUT2D eigenvalue weighted by Crippen LogP contribution is 2.39. The lowest BCUT2D eigenvalue weighted by Crippen LogP contribution is -2.44. The molecule has 1 aliphatic carbocycles. The van der Waals surface area contributed by atoms with Crippen LogP contribution in [0.15, 0.2) is 73.2 Å². The number of amides is 1. The molecule has 4 aromatic heterocycles. The molecule has 0 atom stereocenters. The zero-order valence-corrected chi connectivity index (χ0v) is 20.2. The summed E-state index contributed by atoms with van der Waals surface area (Å²) in [7, 11) is 0. The third-order valence-corrected chi connectivity index (χ3v) is 6.53. The number of para-hydroxylation sites is 1. The summed E-state index contributed by atoms with van der Waals surface area (Å²) in [5.74, 6) is -0.245. The SMILES string of the molecule is O=C(NC1CC(c2nnc(-c3ccc(OC(F)F)cn3)n2-c2ccccc2F)C1)c1ccc2cnccc2n1. The second-order valence-electron chi connectivity index (χ2n) is 9.03. The van der Waals surface area contributed by atoms with Gasteiger partial charge in [-0.3, -0.25) is 14.3 Å². The monoisotopic (exact) mass is 531 g/mol. The number of hydrogen-bond donors (Lipinski definition) is 1. The average Bonchev–Trinajstić information content (AvgIpc) is 3.34. The Kier molecular flexibility index (Phi) is 6.35. The van der Waals surface area contributed by atoms with E-state index in [-0.39, 0.29) is 35.1 Å². The van der Waals surface area contributed by atoms with Crippen LogP contribution >= 0.6 is 0 Å². The smallest absolute Gasteiger partial charge is 0.387 e. The molecule has 1 fully saturated rings. The molecule has 5 aromatic rings. The lowest BCUT2D eigenvalue weighted by Gasteiger charge is -2.35. The van der Waals surface area contributed by atoms with E-state index in [9.17, 15) is 18.0 Å². The minimum absolute atomic E-state index is 0.110. The number of fused-ring (bicyclic) bond motifs is 1. The number of halogens is 3. The molecule has 196 valence electrons. The van der Waals surface area contributed by atoms with Gasteiger partial charge in [0, 0.05) is 29.7 Å². The molecular formula is C27H20F3N7O2. The van der Waals surface area contributed by atoms with Crippen LogP contribution in [0.2, 0.25) is 0 Å². The first kappa shape index (κ1) is 24.5. The largest absolute Gasteiger partial charge is 0.433 e. The highest BCUT2D eigenvalue weighted by Gasteiger charge is 2.36. The zero-order chi connectivity index (χ0) is 26.9. The lowest BCUT2D eigenvalue weighted by molar-refractivity contribution is -0.0500. The Bertz CT molecular complexity index is 1650. The van der Waals surface area contributed by atoms with Crippen molar-refractivity contribution in [1.29, 1.82) is 0 Å². The summed E-state index contributed by atoms with van der Waals surface area (Å²) in [4.78, 5) is 25.4. The Balaban J connectivity index is 1.23. The first-order valence-corrected chi connectivity index (χ1v) is 12.1. The fourth-order valence-electron chi connectivity index (χ4n) is 4.58. The number of nitrogens with zero attached hydrogens (tertiary/aromatic N) is 6. The van der Waals surface area contributed by atoms with Crippen LogP contribution < -0.4 is 10.1 Å². The maximum absolute atomic E-state index is 14.9. The number of hydrogen-bond acceptors (Lipinski definition) is 7. The third kappa shape index (κ3) is 4.88. The van der Waals surface area contributed by atoms with E-state index >= 15 is 0 Å². The molecule has 0 radical (unpaired) electrons. The van der Waals surface area contributed by atoms with Gasteiger partial charge in [0.25, 0.3) is 5.91 Å². The summed E-state index contributed by atoms with van der Waals surface area (Å²) >= 11 is 0. The summed E-state index contributed by atoms with van der Waals surface area (Å²) in [6.45, 7) is -2.98. The van der Waals surface area contributed by atoms with Gasteiger partial charge in [0.2, 0.25) is 0 Å². The third-order valence-electron chi connectivity index (χ3n) is 6.53. The topological polar surface area (TPSA) is 108 Å². The Hall–Kier alpha value is -4.87. The molecule has 9 nitrogen and oxygen atoms in total. The van der Waals surface area contributed by atoms with Crippen LogP contribution in [0, 0.1) is 5.82 Å². The number of carbonyl (C=O) groups is 1. The van der Waals surface area contributed by atoms with E-state index in [2.05, 4.69) is 35.2 Å². The minimum Gasteiger partial charge on any atom is -0.433 e. The molecule has 39 heavy (non-hydrogen) atoms. The van der Waals surface area contributed by atoms with Crippen LogP contribution in [-0.4, -0.2) is 48.3 Å². The van der Waals surface area contributed by atoms with Gasteiger partial charge in [-0.05, 0) is 55.3 Å². The lowest BCUT2D eigenvalue weighted by atomic mass is 9.79. The number of nitrogens with one attached hydrogen (secondary N) is 1. The Morgan fingerprint density at radius 1 is 1.03 bits per heavy atom.